The molecule has 0 aromatic carbocycles. The summed E-state index contributed by atoms with van der Waals surface area (Å²) in [5.74, 6) is 1.85. The third-order valence-electron chi connectivity index (χ3n) is 6.13. The zero-order chi connectivity index (χ0) is 23.9. The first kappa shape index (κ1) is 24.3. The van der Waals surface area contributed by atoms with E-state index in [0.29, 0.717) is 13.1 Å². The molecular weight excluding hydrogens is 450 g/mol. The van der Waals surface area contributed by atoms with Gasteiger partial charge in [0.15, 0.2) is 0 Å². The Hall–Kier alpha value is -2.88. The van der Waals surface area contributed by atoms with Crippen molar-refractivity contribution in [3.63, 3.8) is 0 Å². The monoisotopic (exact) mass is 481 g/mol. The fraction of sp³-hybridized carbons (Fsp3) is 0.440. The number of pyridine rings is 2. The van der Waals surface area contributed by atoms with E-state index < -0.39 is 12.2 Å². The largest absolute Gasteiger partial charge is 0.388 e. The number of likely N-dealkylation sites (tertiary alicyclic amines) is 1. The van der Waals surface area contributed by atoms with E-state index in [1.807, 2.05) is 43.5 Å². The van der Waals surface area contributed by atoms with Crippen molar-refractivity contribution in [1.82, 2.24) is 19.9 Å². The average Bonchev–Trinajstić information content (AvgIpc) is 3.50. The van der Waals surface area contributed by atoms with Gasteiger partial charge in [-0.2, -0.15) is 0 Å². The highest BCUT2D eigenvalue weighted by atomic mass is 32.1. The summed E-state index contributed by atoms with van der Waals surface area (Å²) in [5, 5.41) is 22.0. The number of aromatic nitrogens is 3. The minimum atomic E-state index is -0.752. The number of hydrogen-bond acceptors (Lipinski definition) is 8. The Labute approximate surface area is 203 Å². The van der Waals surface area contributed by atoms with E-state index in [0.717, 1.165) is 53.5 Å². The first-order valence-electron chi connectivity index (χ1n) is 11.7. The molecule has 3 N–H and O–H groups in total. The molecule has 4 heterocycles. The number of carbonyl (C=O) groups excluding carboxylic acids is 1. The highest BCUT2D eigenvalue weighted by molar-refractivity contribution is 7.13. The summed E-state index contributed by atoms with van der Waals surface area (Å²) in [4.78, 5) is 27.6. The van der Waals surface area contributed by atoms with Gasteiger partial charge in [0, 0.05) is 31.4 Å². The lowest BCUT2D eigenvalue weighted by molar-refractivity contribution is -0.136. The number of hydrogen-bond donors (Lipinski definition) is 3. The molecule has 180 valence electrons. The lowest BCUT2D eigenvalue weighted by Gasteiger charge is -2.25. The molecule has 2 fully saturated rings. The Balaban J connectivity index is 0.000000166. The molecule has 0 bridgehead atoms. The Morgan fingerprint density at radius 1 is 1.09 bits per heavy atom. The van der Waals surface area contributed by atoms with Crippen LogP contribution in [0, 0.1) is 12.8 Å². The molecule has 34 heavy (non-hydrogen) atoms. The van der Waals surface area contributed by atoms with Crippen LogP contribution in [0.4, 0.5) is 11.6 Å². The fourth-order valence-corrected chi connectivity index (χ4v) is 4.87. The average molecular weight is 482 g/mol. The molecule has 1 saturated heterocycles. The smallest absolute Gasteiger partial charge is 0.225 e. The summed E-state index contributed by atoms with van der Waals surface area (Å²) in [6, 6.07) is 9.82. The lowest BCUT2D eigenvalue weighted by Crippen LogP contribution is -2.36. The minimum absolute atomic E-state index is 0.130. The molecule has 1 aliphatic heterocycles. The fourth-order valence-electron chi connectivity index (χ4n) is 4.28. The van der Waals surface area contributed by atoms with Crippen LogP contribution in [0.1, 0.15) is 37.7 Å². The Kier molecular flexibility index (Phi) is 8.21. The first-order chi connectivity index (χ1) is 16.5. The summed E-state index contributed by atoms with van der Waals surface area (Å²) in [6.07, 6.45) is 7.55. The van der Waals surface area contributed by atoms with E-state index >= 15 is 0 Å². The molecule has 0 spiro atoms. The highest BCUT2D eigenvalue weighted by Crippen LogP contribution is 2.27. The van der Waals surface area contributed by atoms with Crippen LogP contribution >= 0.6 is 11.3 Å². The second-order valence-corrected chi connectivity index (χ2v) is 9.72. The van der Waals surface area contributed by atoms with Crippen molar-refractivity contribution >= 4 is 28.9 Å². The molecule has 2 unspecified atom stereocenters. The number of aliphatic hydroxyl groups excluding tert-OH is 2. The van der Waals surface area contributed by atoms with Crippen molar-refractivity contribution in [2.45, 2.75) is 51.2 Å². The maximum atomic E-state index is 12.0. The van der Waals surface area contributed by atoms with Crippen LogP contribution in [-0.2, 0) is 4.79 Å². The summed E-state index contributed by atoms with van der Waals surface area (Å²) in [6.45, 7) is 2.64. The van der Waals surface area contributed by atoms with Crippen LogP contribution in [0.2, 0.25) is 0 Å². The molecule has 9 heteroatoms. The second kappa shape index (κ2) is 11.5. The van der Waals surface area contributed by atoms with Crippen molar-refractivity contribution in [2.75, 3.05) is 18.4 Å². The number of amides is 1. The molecule has 5 rings (SSSR count). The van der Waals surface area contributed by atoms with E-state index in [2.05, 4.69) is 20.3 Å². The SMILES string of the molecule is Cc1ccnc(Nc2cccc(-c3cncs3)n2)c1.O=C(C1CCCCC1)N1CC(O)C(O)C1. The molecule has 2 aliphatic rings. The molecule has 3 aromatic heterocycles. The van der Waals surface area contributed by atoms with Gasteiger partial charge in [-0.1, -0.05) is 25.3 Å². The molecule has 8 nitrogen and oxygen atoms in total. The van der Waals surface area contributed by atoms with Gasteiger partial charge in [-0.05, 0) is 49.6 Å². The maximum Gasteiger partial charge on any atom is 0.225 e. The number of anilines is 2. The van der Waals surface area contributed by atoms with Gasteiger partial charge >= 0.3 is 0 Å². The third kappa shape index (κ3) is 6.37. The van der Waals surface area contributed by atoms with Crippen molar-refractivity contribution in [3.05, 3.63) is 53.8 Å². The second-order valence-electron chi connectivity index (χ2n) is 8.83. The molecule has 2 atom stereocenters. The zero-order valence-electron chi connectivity index (χ0n) is 19.3. The molecule has 3 aromatic rings. The van der Waals surface area contributed by atoms with Crippen molar-refractivity contribution in [2.24, 2.45) is 5.92 Å². The van der Waals surface area contributed by atoms with E-state index in [4.69, 9.17) is 0 Å². The molecule has 0 radical (unpaired) electrons. The van der Waals surface area contributed by atoms with Gasteiger partial charge in [-0.15, -0.1) is 11.3 Å². The predicted molar refractivity (Wildman–Crippen MR) is 133 cm³/mol. The van der Waals surface area contributed by atoms with Crippen LogP contribution in [0.3, 0.4) is 0 Å². The summed E-state index contributed by atoms with van der Waals surface area (Å²) in [7, 11) is 0. The number of nitrogens with zero attached hydrogens (tertiary/aromatic N) is 4. The summed E-state index contributed by atoms with van der Waals surface area (Å²) >= 11 is 1.58. The Morgan fingerprint density at radius 2 is 1.85 bits per heavy atom. The molecule has 1 aliphatic carbocycles. The number of β-amino-alcohol motifs (C(OH)–C–C–N with tert-alkyl or cyclic N) is 2. The number of thiazole rings is 1. The van der Waals surface area contributed by atoms with Gasteiger partial charge in [0.2, 0.25) is 5.91 Å². The lowest BCUT2D eigenvalue weighted by atomic mass is 9.88. The van der Waals surface area contributed by atoms with Crippen molar-refractivity contribution in [3.8, 4) is 10.6 Å². The van der Waals surface area contributed by atoms with Crippen LogP contribution in [0.15, 0.2) is 48.2 Å². The molecular formula is C25H31N5O3S. The number of carbonyl (C=O) groups is 1. The Morgan fingerprint density at radius 3 is 2.53 bits per heavy atom. The summed E-state index contributed by atoms with van der Waals surface area (Å²) < 4.78 is 0. The van der Waals surface area contributed by atoms with E-state index in [1.165, 1.54) is 6.42 Å². The van der Waals surface area contributed by atoms with Gasteiger partial charge in [0.05, 0.1) is 28.3 Å². The number of aliphatic hydroxyl groups is 2. The zero-order valence-corrected chi connectivity index (χ0v) is 20.1. The molecule has 1 saturated carbocycles. The molecule has 1 amide bonds. The highest BCUT2D eigenvalue weighted by Gasteiger charge is 2.35. The van der Waals surface area contributed by atoms with Crippen LogP contribution in [0.5, 0.6) is 0 Å². The van der Waals surface area contributed by atoms with Crippen LogP contribution in [0.25, 0.3) is 10.6 Å². The number of rotatable bonds is 4. The summed E-state index contributed by atoms with van der Waals surface area (Å²) in [5.41, 5.74) is 3.88. The van der Waals surface area contributed by atoms with Crippen molar-refractivity contribution in [1.29, 1.82) is 0 Å². The standard InChI is InChI=1S/C14H12N4S.C11H19NO3/c1-10-5-6-16-14(7-10)18-13-4-2-3-11(17-13)12-8-15-9-19-12;13-9-6-12(7-10(9)14)11(15)8-4-2-1-3-5-8/h2-9H,1H3,(H,16,17,18);8-10,13-14H,1-7H2. The topological polar surface area (TPSA) is 111 Å². The van der Waals surface area contributed by atoms with Gasteiger partial charge in [-0.3, -0.25) is 9.78 Å². The van der Waals surface area contributed by atoms with E-state index in [-0.39, 0.29) is 11.8 Å². The third-order valence-corrected chi connectivity index (χ3v) is 6.93. The predicted octanol–water partition coefficient (Wildman–Crippen LogP) is 3.78. The first-order valence-corrected chi connectivity index (χ1v) is 12.6. The number of aryl methyl sites for hydroxylation is 1. The Bertz CT molecular complexity index is 1060. The quantitative estimate of drug-likeness (QED) is 0.520. The maximum absolute atomic E-state index is 12.0. The minimum Gasteiger partial charge on any atom is -0.388 e. The normalized spacial score (nSPS) is 20.5. The van der Waals surface area contributed by atoms with Gasteiger partial charge in [0.25, 0.3) is 0 Å². The van der Waals surface area contributed by atoms with E-state index in [9.17, 15) is 15.0 Å². The van der Waals surface area contributed by atoms with Crippen molar-refractivity contribution < 1.29 is 15.0 Å². The van der Waals surface area contributed by atoms with Gasteiger partial charge < -0.3 is 20.4 Å². The van der Waals surface area contributed by atoms with E-state index in [1.54, 1.807) is 27.9 Å². The van der Waals surface area contributed by atoms with Gasteiger partial charge in [-0.25, -0.2) is 9.97 Å². The van der Waals surface area contributed by atoms with Crippen LogP contribution in [-0.4, -0.2) is 61.3 Å². The van der Waals surface area contributed by atoms with Gasteiger partial charge in [0.1, 0.15) is 11.6 Å². The number of nitrogens with one attached hydrogen (secondary N) is 1. The van der Waals surface area contributed by atoms with Crippen LogP contribution < -0.4 is 5.32 Å².